The highest BCUT2D eigenvalue weighted by Gasteiger charge is 2.44. The second-order valence-electron chi connectivity index (χ2n) is 5.17. The highest BCUT2D eigenvalue weighted by Crippen LogP contribution is 2.29. The van der Waals surface area contributed by atoms with E-state index in [-0.39, 0.29) is 0 Å². The first-order valence-corrected chi connectivity index (χ1v) is 6.91. The molecule has 0 bridgehead atoms. The molecule has 0 spiro atoms. The van der Waals surface area contributed by atoms with Crippen LogP contribution in [0.3, 0.4) is 0 Å². The van der Waals surface area contributed by atoms with E-state index in [0.717, 1.165) is 10.8 Å². The van der Waals surface area contributed by atoms with Crippen molar-refractivity contribution in [1.29, 1.82) is 0 Å². The molecular formula is C15H17NO6. The van der Waals surface area contributed by atoms with Gasteiger partial charge < -0.3 is 29.9 Å². The van der Waals surface area contributed by atoms with E-state index in [1.165, 1.54) is 0 Å². The summed E-state index contributed by atoms with van der Waals surface area (Å²) in [6, 6.07) is 7.17. The maximum atomic E-state index is 10.00. The molecule has 0 saturated carbocycles. The van der Waals surface area contributed by atoms with E-state index in [1.807, 2.05) is 12.1 Å². The molecule has 1 saturated heterocycles. The lowest BCUT2D eigenvalue weighted by atomic mass is 9.99. The highest BCUT2D eigenvalue weighted by molar-refractivity contribution is 5.87. The Bertz CT molecular complexity index is 643. The van der Waals surface area contributed by atoms with Gasteiger partial charge in [0.25, 0.3) is 0 Å². The third-order valence-electron chi connectivity index (χ3n) is 3.74. The van der Waals surface area contributed by atoms with Crippen LogP contribution in [-0.4, -0.2) is 62.7 Å². The average molecular weight is 307 g/mol. The summed E-state index contributed by atoms with van der Waals surface area (Å²) < 4.78 is 11.0. The summed E-state index contributed by atoms with van der Waals surface area (Å²) in [5.74, 6) is 0.426. The van der Waals surface area contributed by atoms with Gasteiger partial charge in [0, 0.05) is 17.8 Å². The summed E-state index contributed by atoms with van der Waals surface area (Å²) in [5.41, 5.74) is 0. The van der Waals surface area contributed by atoms with Crippen molar-refractivity contribution in [3.05, 3.63) is 36.7 Å². The average Bonchev–Trinajstić information content (AvgIpc) is 2.55. The van der Waals surface area contributed by atoms with Crippen LogP contribution in [0.5, 0.6) is 5.75 Å². The molecule has 5 unspecified atom stereocenters. The van der Waals surface area contributed by atoms with Crippen LogP contribution in [0.25, 0.3) is 10.8 Å². The van der Waals surface area contributed by atoms with Gasteiger partial charge in [-0.1, -0.05) is 12.1 Å². The molecule has 3 rings (SSSR count). The van der Waals surface area contributed by atoms with Gasteiger partial charge in [-0.15, -0.1) is 0 Å². The first-order chi connectivity index (χ1) is 10.6. The summed E-state index contributed by atoms with van der Waals surface area (Å²) in [6.07, 6.45) is -3.25. The Morgan fingerprint density at radius 1 is 1.09 bits per heavy atom. The molecule has 7 nitrogen and oxygen atoms in total. The van der Waals surface area contributed by atoms with E-state index in [0.29, 0.717) is 5.75 Å². The number of aromatic nitrogens is 1. The molecule has 2 aromatic rings. The second-order valence-corrected chi connectivity index (χ2v) is 5.17. The van der Waals surface area contributed by atoms with Crippen molar-refractivity contribution in [2.24, 2.45) is 0 Å². The van der Waals surface area contributed by atoms with Crippen LogP contribution in [0.15, 0.2) is 36.7 Å². The Morgan fingerprint density at radius 3 is 2.68 bits per heavy atom. The molecule has 4 N–H and O–H groups in total. The Labute approximate surface area is 126 Å². The number of fused-ring (bicyclic) bond motifs is 1. The summed E-state index contributed by atoms with van der Waals surface area (Å²) >= 11 is 0. The number of ether oxygens (including phenoxy) is 2. The van der Waals surface area contributed by atoms with Gasteiger partial charge in [0.1, 0.15) is 30.2 Å². The molecular weight excluding hydrogens is 290 g/mol. The van der Waals surface area contributed by atoms with Crippen molar-refractivity contribution in [1.82, 2.24) is 4.98 Å². The molecule has 1 aromatic heterocycles. The number of aliphatic hydroxyl groups is 4. The lowest BCUT2D eigenvalue weighted by molar-refractivity contribution is -0.277. The molecule has 2 heterocycles. The predicted molar refractivity (Wildman–Crippen MR) is 76.1 cm³/mol. The summed E-state index contributed by atoms with van der Waals surface area (Å²) in [4.78, 5) is 4.03. The van der Waals surface area contributed by atoms with Gasteiger partial charge in [-0.3, -0.25) is 4.98 Å². The van der Waals surface area contributed by atoms with Crippen molar-refractivity contribution in [2.75, 3.05) is 6.61 Å². The molecule has 1 aliphatic rings. The normalized spacial score (nSPS) is 32.1. The molecule has 0 amide bonds. The first kappa shape index (κ1) is 15.1. The Hall–Kier alpha value is -1.77. The zero-order valence-corrected chi connectivity index (χ0v) is 11.6. The Balaban J connectivity index is 1.87. The van der Waals surface area contributed by atoms with Crippen LogP contribution in [0, 0.1) is 0 Å². The number of benzene rings is 1. The minimum atomic E-state index is -1.47. The van der Waals surface area contributed by atoms with Crippen LogP contribution in [0.2, 0.25) is 0 Å². The molecule has 0 radical (unpaired) electrons. The minimum absolute atomic E-state index is 0.426. The summed E-state index contributed by atoms with van der Waals surface area (Å²) in [6.45, 7) is -0.498. The third kappa shape index (κ3) is 2.65. The van der Waals surface area contributed by atoms with E-state index in [9.17, 15) is 20.4 Å². The van der Waals surface area contributed by atoms with Crippen molar-refractivity contribution in [3.63, 3.8) is 0 Å². The van der Waals surface area contributed by atoms with Crippen LogP contribution < -0.4 is 4.74 Å². The van der Waals surface area contributed by atoms with Crippen LogP contribution in [0.4, 0.5) is 0 Å². The smallest absolute Gasteiger partial charge is 0.229 e. The lowest BCUT2D eigenvalue weighted by Gasteiger charge is -2.39. The number of hydrogen-bond donors (Lipinski definition) is 4. The zero-order chi connectivity index (χ0) is 15.7. The van der Waals surface area contributed by atoms with E-state index in [2.05, 4.69) is 4.98 Å². The quantitative estimate of drug-likeness (QED) is 0.600. The summed E-state index contributed by atoms with van der Waals surface area (Å²) in [7, 11) is 0. The van der Waals surface area contributed by atoms with Crippen LogP contribution >= 0.6 is 0 Å². The number of rotatable bonds is 3. The van der Waals surface area contributed by atoms with Crippen molar-refractivity contribution in [3.8, 4) is 5.75 Å². The molecule has 1 fully saturated rings. The van der Waals surface area contributed by atoms with Crippen LogP contribution in [-0.2, 0) is 4.74 Å². The number of hydrogen-bond acceptors (Lipinski definition) is 7. The summed E-state index contributed by atoms with van der Waals surface area (Å²) in [5, 5.41) is 40.3. The van der Waals surface area contributed by atoms with E-state index < -0.39 is 37.3 Å². The maximum absolute atomic E-state index is 10.00. The first-order valence-electron chi connectivity index (χ1n) is 6.91. The van der Waals surface area contributed by atoms with E-state index in [4.69, 9.17) is 9.47 Å². The SMILES string of the molecule is OCC1OC(Oc2cccc3ccncc23)C(O)C(O)C1O. The number of aliphatic hydroxyl groups excluding tert-OH is 4. The van der Waals surface area contributed by atoms with Gasteiger partial charge in [0.2, 0.25) is 6.29 Å². The molecule has 5 atom stereocenters. The third-order valence-corrected chi connectivity index (χ3v) is 3.74. The molecule has 0 aliphatic carbocycles. The van der Waals surface area contributed by atoms with E-state index >= 15 is 0 Å². The highest BCUT2D eigenvalue weighted by atomic mass is 16.7. The van der Waals surface area contributed by atoms with Gasteiger partial charge in [0.05, 0.1) is 6.61 Å². The Kier molecular flexibility index (Phi) is 4.23. The maximum Gasteiger partial charge on any atom is 0.229 e. The molecule has 7 heteroatoms. The molecule has 118 valence electrons. The van der Waals surface area contributed by atoms with Gasteiger partial charge in [-0.25, -0.2) is 0 Å². The number of nitrogens with zero attached hydrogens (tertiary/aromatic N) is 1. The Morgan fingerprint density at radius 2 is 1.91 bits per heavy atom. The monoisotopic (exact) mass is 307 g/mol. The second kappa shape index (κ2) is 6.15. The predicted octanol–water partition coefficient (Wildman–Crippen LogP) is -0.587. The molecule has 22 heavy (non-hydrogen) atoms. The van der Waals surface area contributed by atoms with Crippen molar-refractivity contribution < 1.29 is 29.9 Å². The van der Waals surface area contributed by atoms with Crippen LogP contribution in [0.1, 0.15) is 0 Å². The van der Waals surface area contributed by atoms with E-state index in [1.54, 1.807) is 24.5 Å². The fraction of sp³-hybridized carbons (Fsp3) is 0.400. The van der Waals surface area contributed by atoms with Gasteiger partial charge in [-0.05, 0) is 17.5 Å². The minimum Gasteiger partial charge on any atom is -0.461 e. The fourth-order valence-corrected chi connectivity index (χ4v) is 2.48. The van der Waals surface area contributed by atoms with Crippen molar-refractivity contribution >= 4 is 10.8 Å². The van der Waals surface area contributed by atoms with Gasteiger partial charge >= 0.3 is 0 Å². The number of pyridine rings is 1. The largest absolute Gasteiger partial charge is 0.461 e. The molecule has 1 aliphatic heterocycles. The lowest BCUT2D eigenvalue weighted by Crippen LogP contribution is -2.60. The standard InChI is InChI=1S/C15H17NO6/c17-7-11-12(18)13(19)14(20)15(22-11)21-10-3-1-2-8-4-5-16-6-9(8)10/h1-6,11-15,17-20H,7H2. The molecule has 1 aromatic carbocycles. The fourth-order valence-electron chi connectivity index (χ4n) is 2.48. The van der Waals surface area contributed by atoms with Crippen molar-refractivity contribution in [2.45, 2.75) is 30.7 Å². The van der Waals surface area contributed by atoms with Gasteiger partial charge in [-0.2, -0.15) is 0 Å². The zero-order valence-electron chi connectivity index (χ0n) is 11.6. The topological polar surface area (TPSA) is 112 Å². The van der Waals surface area contributed by atoms with Gasteiger partial charge in [0.15, 0.2) is 0 Å².